The van der Waals surface area contributed by atoms with E-state index in [9.17, 15) is 0 Å². The average molecular weight is 556 g/mol. The van der Waals surface area contributed by atoms with Gasteiger partial charge in [-0.05, 0) is 90.6 Å². The van der Waals surface area contributed by atoms with E-state index in [1.165, 1.54) is 10.5 Å². The number of hydrogen-bond acceptors (Lipinski definition) is 4. The van der Waals surface area contributed by atoms with Crippen molar-refractivity contribution in [3.63, 3.8) is 0 Å². The molecular weight excluding hydrogens is 516 g/mol. The van der Waals surface area contributed by atoms with Crippen LogP contribution in [0.3, 0.4) is 0 Å². The second-order valence-electron chi connectivity index (χ2n) is 12.2. The van der Waals surface area contributed by atoms with E-state index < -0.39 is 6.98 Å². The van der Waals surface area contributed by atoms with Gasteiger partial charge in [0, 0.05) is 45.9 Å². The summed E-state index contributed by atoms with van der Waals surface area (Å²) in [5.41, 5.74) is 7.94. The lowest BCUT2D eigenvalue weighted by Gasteiger charge is -2.20. The number of hydrogen-bond donors (Lipinski definition) is 0. The van der Waals surface area contributed by atoms with Crippen molar-refractivity contribution in [3.05, 3.63) is 114 Å². The van der Waals surface area contributed by atoms with Crippen LogP contribution in [0, 0.1) is 13.8 Å². The number of ether oxygens (including phenoxy) is 1. The van der Waals surface area contributed by atoms with Gasteiger partial charge < -0.3 is 14.5 Å². The van der Waals surface area contributed by atoms with Crippen LogP contribution in [0.1, 0.15) is 41.6 Å². The quantitative estimate of drug-likeness (QED) is 0.217. The number of aryl methyl sites for hydroxylation is 2. The molecule has 5 heteroatoms. The molecule has 4 aromatic carbocycles. The summed E-state index contributed by atoms with van der Waals surface area (Å²) in [7, 11) is 0. The lowest BCUT2D eigenvalue weighted by molar-refractivity contribution is 0.483. The van der Waals surface area contributed by atoms with Crippen LogP contribution in [-0.2, 0) is 5.41 Å². The fourth-order valence-corrected chi connectivity index (χ4v) is 5.85. The second kappa shape index (κ2) is 9.66. The zero-order chi connectivity index (χ0) is 31.7. The van der Waals surface area contributed by atoms with Crippen LogP contribution in [0.2, 0.25) is 0 Å². The number of pyridine rings is 1. The van der Waals surface area contributed by atoms with Crippen LogP contribution < -0.4 is 14.5 Å². The van der Waals surface area contributed by atoms with E-state index in [2.05, 4.69) is 86.9 Å². The first-order chi connectivity index (χ1) is 21.4. The van der Waals surface area contributed by atoms with Crippen LogP contribution in [0.5, 0.6) is 11.5 Å². The first kappa shape index (κ1) is 22.9. The van der Waals surface area contributed by atoms with Gasteiger partial charge in [-0.25, -0.2) is 4.98 Å². The topological polar surface area (TPSA) is 33.5 Å². The molecule has 7 rings (SSSR count). The molecule has 6 aromatic rings. The molecule has 0 radical (unpaired) electrons. The van der Waals surface area contributed by atoms with Crippen LogP contribution in [0.25, 0.3) is 27.6 Å². The lowest BCUT2D eigenvalue weighted by atomic mass is 9.88. The molecule has 210 valence electrons. The predicted molar refractivity (Wildman–Crippen MR) is 175 cm³/mol. The van der Waals surface area contributed by atoms with Gasteiger partial charge in [-0.3, -0.25) is 4.57 Å². The Bertz CT molecular complexity index is 2090. The van der Waals surface area contributed by atoms with Crippen molar-refractivity contribution in [2.45, 2.75) is 40.0 Å². The Balaban J connectivity index is 1.28. The molecule has 3 heterocycles. The second-order valence-corrected chi connectivity index (χ2v) is 12.2. The Hall–Kier alpha value is -4.77. The first-order valence-corrected chi connectivity index (χ1v) is 14.3. The van der Waals surface area contributed by atoms with E-state index >= 15 is 0 Å². The maximum absolute atomic E-state index is 8.16. The van der Waals surface area contributed by atoms with Crippen molar-refractivity contribution in [1.29, 1.82) is 0 Å². The van der Waals surface area contributed by atoms with Gasteiger partial charge in [0.2, 0.25) is 0 Å². The van der Waals surface area contributed by atoms with E-state index in [-0.39, 0.29) is 12.1 Å². The zero-order valence-electron chi connectivity index (χ0n) is 27.6. The molecular formula is C37H36N4O. The summed E-state index contributed by atoms with van der Waals surface area (Å²) >= 11 is 0. The molecule has 0 spiro atoms. The third-order valence-electron chi connectivity index (χ3n) is 8.31. The third-order valence-corrected chi connectivity index (χ3v) is 8.31. The number of aromatic nitrogens is 2. The monoisotopic (exact) mass is 555 g/mol. The van der Waals surface area contributed by atoms with Crippen LogP contribution in [0.4, 0.5) is 17.1 Å². The molecule has 2 aromatic heterocycles. The molecule has 0 saturated heterocycles. The van der Waals surface area contributed by atoms with Crippen molar-refractivity contribution < 1.29 is 8.85 Å². The molecule has 42 heavy (non-hydrogen) atoms. The third kappa shape index (κ3) is 4.37. The van der Waals surface area contributed by atoms with E-state index in [4.69, 9.17) is 13.8 Å². The number of para-hydroxylation sites is 1. The number of rotatable bonds is 4. The minimum absolute atomic E-state index is 0.0103. The van der Waals surface area contributed by atoms with Crippen molar-refractivity contribution in [1.82, 2.24) is 9.55 Å². The maximum atomic E-state index is 8.16. The highest BCUT2D eigenvalue weighted by Gasteiger charge is 2.25. The summed E-state index contributed by atoms with van der Waals surface area (Å²) in [5.74, 6) is 2.23. The van der Waals surface area contributed by atoms with E-state index in [0.717, 1.165) is 50.1 Å². The fraction of sp³-hybridized carbons (Fsp3) is 0.216. The van der Waals surface area contributed by atoms with Gasteiger partial charge in [0.25, 0.3) is 0 Å². The molecule has 0 saturated carbocycles. The summed E-state index contributed by atoms with van der Waals surface area (Å²) in [6.07, 6.45) is 1.88. The van der Waals surface area contributed by atoms with Gasteiger partial charge in [-0.15, -0.1) is 0 Å². The van der Waals surface area contributed by atoms with Crippen molar-refractivity contribution in [3.8, 4) is 17.3 Å². The molecule has 0 atom stereocenters. The Kier molecular flexibility index (Phi) is 5.26. The summed E-state index contributed by atoms with van der Waals surface area (Å²) in [6.45, 7) is 8.66. The van der Waals surface area contributed by atoms with E-state index in [1.807, 2.05) is 54.4 Å². The molecule has 1 aliphatic rings. The van der Waals surface area contributed by atoms with E-state index in [0.29, 0.717) is 17.2 Å². The van der Waals surface area contributed by atoms with Crippen LogP contribution in [0.15, 0.2) is 97.2 Å². The average Bonchev–Trinajstić information content (AvgIpc) is 3.53. The summed E-state index contributed by atoms with van der Waals surface area (Å²) < 4.78 is 33.2. The number of nitrogens with zero attached hydrogens (tertiary/aromatic N) is 4. The van der Waals surface area contributed by atoms with Gasteiger partial charge in [0.1, 0.15) is 17.3 Å². The number of benzene rings is 4. The van der Waals surface area contributed by atoms with Gasteiger partial charge >= 0.3 is 0 Å². The van der Waals surface area contributed by atoms with Crippen molar-refractivity contribution >= 4 is 38.9 Å². The van der Waals surface area contributed by atoms with E-state index in [1.54, 1.807) is 0 Å². The van der Waals surface area contributed by atoms with Gasteiger partial charge in [-0.1, -0.05) is 45.0 Å². The summed E-state index contributed by atoms with van der Waals surface area (Å²) in [4.78, 5) is 8.31. The normalized spacial score (nSPS) is 14.6. The number of anilines is 3. The first-order valence-electron chi connectivity index (χ1n) is 15.8. The molecule has 0 unspecified atom stereocenters. The Labute approximate surface area is 251 Å². The summed E-state index contributed by atoms with van der Waals surface area (Å²) in [6, 6.07) is 30.7. The Morgan fingerprint density at radius 2 is 1.52 bits per heavy atom. The minimum atomic E-state index is -2.26. The van der Waals surface area contributed by atoms with Crippen molar-refractivity contribution in [2.75, 3.05) is 23.4 Å². The Morgan fingerprint density at radius 1 is 0.762 bits per heavy atom. The fourth-order valence-electron chi connectivity index (χ4n) is 5.85. The molecule has 0 bridgehead atoms. The minimum Gasteiger partial charge on any atom is -0.457 e. The molecule has 5 nitrogen and oxygen atoms in total. The molecule has 0 N–H and O–H groups in total. The van der Waals surface area contributed by atoms with Crippen molar-refractivity contribution in [2.24, 2.45) is 0 Å². The van der Waals surface area contributed by atoms with Gasteiger partial charge in [0.15, 0.2) is 0 Å². The molecule has 1 aliphatic heterocycles. The van der Waals surface area contributed by atoms with Gasteiger partial charge in [-0.2, -0.15) is 0 Å². The van der Waals surface area contributed by atoms with Gasteiger partial charge in [0.05, 0.1) is 29.1 Å². The largest absolute Gasteiger partial charge is 0.457 e. The zero-order valence-corrected chi connectivity index (χ0v) is 24.6. The smallest absolute Gasteiger partial charge is 0.137 e. The molecule has 0 amide bonds. The van der Waals surface area contributed by atoms with Crippen LogP contribution in [-0.4, -0.2) is 23.2 Å². The standard InChI is InChI=1S/C37H36N4O/c1-24-18-34-35(19-25(24)2)40(23-39(34)6)27-10-9-11-28(21-27)42-29-14-15-31-30-12-7-8-13-32(30)41(33(31)22-29)36-20-26(16-17-38-36)37(3,4)5/h7-22H,23H2,1-6H3/i6D3. The highest BCUT2D eigenvalue weighted by atomic mass is 16.5. The highest BCUT2D eigenvalue weighted by molar-refractivity contribution is 6.09. The lowest BCUT2D eigenvalue weighted by Crippen LogP contribution is -2.23. The SMILES string of the molecule is [2H]C([2H])([2H])N1CN(c2cccc(Oc3ccc4c5ccccc5n(-c5cc(C(C)(C)C)ccn5)c4c3)c2)c2cc(C)c(C)cc21. The number of fused-ring (bicyclic) bond motifs is 4. The molecule has 0 aliphatic carbocycles. The van der Waals surface area contributed by atoms with Crippen LogP contribution >= 0.6 is 0 Å². The predicted octanol–water partition coefficient (Wildman–Crippen LogP) is 9.43. The summed E-state index contributed by atoms with van der Waals surface area (Å²) in [5, 5.41) is 2.28. The Morgan fingerprint density at radius 3 is 2.33 bits per heavy atom. The maximum Gasteiger partial charge on any atom is 0.137 e. The highest BCUT2D eigenvalue weighted by Crippen LogP contribution is 2.43. The molecule has 0 fully saturated rings.